The minimum atomic E-state index is 0.555. The fraction of sp³-hybridized carbons (Fsp3) is 0.533. The summed E-state index contributed by atoms with van der Waals surface area (Å²) < 4.78 is 0. The Hall–Kier alpha value is -1.75. The van der Waals surface area contributed by atoms with E-state index in [4.69, 9.17) is 0 Å². The standard InChI is InChI=1S/C15H21N5/c1-10-15(11(2)19-18-10)14-9-16-13(8-17-14)12-4-6-20(3)7-5-12/h8-9,12H,4-7H2,1-3H3,(H,18,19). The largest absolute Gasteiger partial charge is 0.306 e. The number of hydrogen-bond acceptors (Lipinski definition) is 4. The Labute approximate surface area is 119 Å². The Morgan fingerprint density at radius 2 is 1.90 bits per heavy atom. The second-order valence-electron chi connectivity index (χ2n) is 5.71. The van der Waals surface area contributed by atoms with Crippen LogP contribution in [0.15, 0.2) is 12.4 Å². The second-order valence-corrected chi connectivity index (χ2v) is 5.71. The first-order valence-electron chi connectivity index (χ1n) is 7.17. The van der Waals surface area contributed by atoms with Crippen LogP contribution in [0.4, 0.5) is 0 Å². The van der Waals surface area contributed by atoms with E-state index in [1.54, 1.807) is 0 Å². The van der Waals surface area contributed by atoms with Crippen molar-refractivity contribution in [3.05, 3.63) is 29.5 Å². The van der Waals surface area contributed by atoms with Gasteiger partial charge in [-0.25, -0.2) is 0 Å². The van der Waals surface area contributed by atoms with Crippen molar-refractivity contribution in [2.75, 3.05) is 20.1 Å². The summed E-state index contributed by atoms with van der Waals surface area (Å²) in [5.74, 6) is 0.555. The molecule has 0 aliphatic carbocycles. The molecule has 0 spiro atoms. The molecule has 1 N–H and O–H groups in total. The molecule has 2 aromatic rings. The monoisotopic (exact) mass is 271 g/mol. The summed E-state index contributed by atoms with van der Waals surface area (Å²) in [6, 6.07) is 0. The lowest BCUT2D eigenvalue weighted by Gasteiger charge is -2.28. The first-order valence-corrected chi connectivity index (χ1v) is 7.17. The summed E-state index contributed by atoms with van der Waals surface area (Å²) in [6.07, 6.45) is 6.18. The predicted molar refractivity (Wildman–Crippen MR) is 78.6 cm³/mol. The third-order valence-electron chi connectivity index (χ3n) is 4.19. The van der Waals surface area contributed by atoms with Gasteiger partial charge in [0.1, 0.15) is 0 Å². The third kappa shape index (κ3) is 2.45. The number of piperidine rings is 1. The van der Waals surface area contributed by atoms with Gasteiger partial charge in [0.2, 0.25) is 0 Å². The van der Waals surface area contributed by atoms with Gasteiger partial charge in [-0.3, -0.25) is 15.1 Å². The van der Waals surface area contributed by atoms with Crippen molar-refractivity contribution >= 4 is 0 Å². The molecule has 3 heterocycles. The number of aromatic amines is 1. The summed E-state index contributed by atoms with van der Waals surface area (Å²) in [5.41, 5.74) is 5.13. The molecule has 5 nitrogen and oxygen atoms in total. The van der Waals surface area contributed by atoms with Crippen LogP contribution < -0.4 is 0 Å². The van der Waals surface area contributed by atoms with Crippen molar-refractivity contribution in [3.63, 3.8) is 0 Å². The van der Waals surface area contributed by atoms with Crippen molar-refractivity contribution in [1.29, 1.82) is 0 Å². The maximum atomic E-state index is 4.64. The summed E-state index contributed by atoms with van der Waals surface area (Å²) in [7, 11) is 2.18. The third-order valence-corrected chi connectivity index (χ3v) is 4.19. The highest BCUT2D eigenvalue weighted by atomic mass is 15.1. The lowest BCUT2D eigenvalue weighted by atomic mass is 9.94. The van der Waals surface area contributed by atoms with Crippen molar-refractivity contribution < 1.29 is 0 Å². The number of H-pyrrole nitrogens is 1. The highest BCUT2D eigenvalue weighted by molar-refractivity contribution is 5.63. The molecule has 5 heteroatoms. The van der Waals surface area contributed by atoms with E-state index in [1.807, 2.05) is 26.2 Å². The zero-order valence-electron chi connectivity index (χ0n) is 12.3. The van der Waals surface area contributed by atoms with Crippen molar-refractivity contribution in [3.8, 4) is 11.3 Å². The van der Waals surface area contributed by atoms with Crippen LogP contribution in [0.2, 0.25) is 0 Å². The van der Waals surface area contributed by atoms with Crippen LogP contribution in [-0.4, -0.2) is 45.2 Å². The van der Waals surface area contributed by atoms with Crippen LogP contribution in [0.5, 0.6) is 0 Å². The molecule has 3 rings (SSSR count). The second kappa shape index (κ2) is 5.32. The van der Waals surface area contributed by atoms with Crippen LogP contribution in [0, 0.1) is 13.8 Å². The highest BCUT2D eigenvalue weighted by Gasteiger charge is 2.20. The average Bonchev–Trinajstić information content (AvgIpc) is 2.79. The first kappa shape index (κ1) is 13.2. The van der Waals surface area contributed by atoms with Crippen LogP contribution in [0.25, 0.3) is 11.3 Å². The lowest BCUT2D eigenvalue weighted by molar-refractivity contribution is 0.253. The van der Waals surface area contributed by atoms with Gasteiger partial charge in [-0.2, -0.15) is 5.10 Å². The Bertz CT molecular complexity index is 559. The van der Waals surface area contributed by atoms with Crippen LogP contribution >= 0.6 is 0 Å². The maximum Gasteiger partial charge on any atom is 0.0922 e. The highest BCUT2D eigenvalue weighted by Crippen LogP contribution is 2.27. The molecule has 0 unspecified atom stereocenters. The molecular formula is C15H21N5. The number of nitrogens with one attached hydrogen (secondary N) is 1. The normalized spacial score (nSPS) is 17.6. The molecule has 1 aliphatic heterocycles. The van der Waals surface area contributed by atoms with Gasteiger partial charge >= 0.3 is 0 Å². The van der Waals surface area contributed by atoms with E-state index < -0.39 is 0 Å². The molecule has 0 bridgehead atoms. The van der Waals surface area contributed by atoms with E-state index in [0.29, 0.717) is 5.92 Å². The van der Waals surface area contributed by atoms with Gasteiger partial charge in [-0.15, -0.1) is 0 Å². The molecular weight excluding hydrogens is 250 g/mol. The van der Waals surface area contributed by atoms with Gasteiger partial charge < -0.3 is 4.90 Å². The SMILES string of the molecule is Cc1n[nH]c(C)c1-c1cnc(C2CCN(C)CC2)cn1. The minimum absolute atomic E-state index is 0.555. The molecule has 0 aromatic carbocycles. The molecule has 0 radical (unpaired) electrons. The Morgan fingerprint density at radius 1 is 1.15 bits per heavy atom. The number of aryl methyl sites for hydroxylation is 2. The van der Waals surface area contributed by atoms with E-state index >= 15 is 0 Å². The Balaban J connectivity index is 1.81. The van der Waals surface area contributed by atoms with Gasteiger partial charge in [0.25, 0.3) is 0 Å². The summed E-state index contributed by atoms with van der Waals surface area (Å²) in [5, 5.41) is 7.21. The Kier molecular flexibility index (Phi) is 3.53. The fourth-order valence-electron chi connectivity index (χ4n) is 2.91. The topological polar surface area (TPSA) is 57.7 Å². The molecule has 1 saturated heterocycles. The molecule has 0 atom stereocenters. The van der Waals surface area contributed by atoms with Gasteiger partial charge in [-0.1, -0.05) is 0 Å². The van der Waals surface area contributed by atoms with E-state index in [9.17, 15) is 0 Å². The van der Waals surface area contributed by atoms with Crippen molar-refractivity contribution in [2.24, 2.45) is 0 Å². The molecule has 1 aliphatic rings. The van der Waals surface area contributed by atoms with Gasteiger partial charge in [0, 0.05) is 23.4 Å². The van der Waals surface area contributed by atoms with Gasteiger partial charge in [-0.05, 0) is 46.8 Å². The Morgan fingerprint density at radius 3 is 2.45 bits per heavy atom. The summed E-state index contributed by atoms with van der Waals surface area (Å²) in [6.45, 7) is 6.30. The van der Waals surface area contributed by atoms with Gasteiger partial charge in [0.05, 0.1) is 23.3 Å². The number of aromatic nitrogens is 4. The van der Waals surface area contributed by atoms with E-state index in [1.165, 1.54) is 12.8 Å². The molecule has 2 aromatic heterocycles. The average molecular weight is 271 g/mol. The molecule has 1 fully saturated rings. The van der Waals surface area contributed by atoms with Gasteiger partial charge in [0.15, 0.2) is 0 Å². The maximum absolute atomic E-state index is 4.64. The fourth-order valence-corrected chi connectivity index (χ4v) is 2.91. The van der Waals surface area contributed by atoms with E-state index in [0.717, 1.165) is 41.4 Å². The smallest absolute Gasteiger partial charge is 0.0922 e. The number of nitrogens with zero attached hydrogens (tertiary/aromatic N) is 4. The first-order chi connectivity index (χ1) is 9.65. The lowest BCUT2D eigenvalue weighted by Crippen LogP contribution is -2.29. The predicted octanol–water partition coefficient (Wildman–Crippen LogP) is 2.29. The molecule has 0 saturated carbocycles. The zero-order valence-corrected chi connectivity index (χ0v) is 12.3. The molecule has 106 valence electrons. The van der Waals surface area contributed by atoms with Crippen LogP contribution in [0.1, 0.15) is 35.8 Å². The number of rotatable bonds is 2. The van der Waals surface area contributed by atoms with Crippen LogP contribution in [-0.2, 0) is 0 Å². The van der Waals surface area contributed by atoms with E-state index in [-0.39, 0.29) is 0 Å². The van der Waals surface area contributed by atoms with Crippen molar-refractivity contribution in [1.82, 2.24) is 25.1 Å². The van der Waals surface area contributed by atoms with Crippen LogP contribution in [0.3, 0.4) is 0 Å². The van der Waals surface area contributed by atoms with E-state index in [2.05, 4.69) is 32.1 Å². The summed E-state index contributed by atoms with van der Waals surface area (Å²) >= 11 is 0. The number of hydrogen-bond donors (Lipinski definition) is 1. The summed E-state index contributed by atoms with van der Waals surface area (Å²) in [4.78, 5) is 11.6. The quantitative estimate of drug-likeness (QED) is 0.910. The number of likely N-dealkylation sites (tertiary alicyclic amines) is 1. The molecule has 20 heavy (non-hydrogen) atoms. The molecule has 0 amide bonds. The zero-order chi connectivity index (χ0) is 14.1. The van der Waals surface area contributed by atoms with Crippen molar-refractivity contribution in [2.45, 2.75) is 32.6 Å². The minimum Gasteiger partial charge on any atom is -0.306 e.